The fraction of sp³-hybridized carbons (Fsp3) is 0.222. The third-order valence-corrected chi connectivity index (χ3v) is 7.12. The molecular formula is C27H28ClNO8S. The van der Waals surface area contributed by atoms with E-state index in [0.29, 0.717) is 50.4 Å². The summed E-state index contributed by atoms with van der Waals surface area (Å²) in [5.41, 5.74) is 1.65. The maximum atomic E-state index is 13.0. The average molecular weight is 562 g/mol. The molecule has 0 radical (unpaired) electrons. The van der Waals surface area contributed by atoms with Gasteiger partial charge in [0, 0.05) is 22.6 Å². The van der Waals surface area contributed by atoms with Crippen LogP contribution in [0, 0.1) is 0 Å². The summed E-state index contributed by atoms with van der Waals surface area (Å²) in [4.78, 5) is 12.0. The van der Waals surface area contributed by atoms with Gasteiger partial charge in [-0.1, -0.05) is 29.8 Å². The highest BCUT2D eigenvalue weighted by Gasteiger charge is 2.22. The van der Waals surface area contributed by atoms with Crippen molar-refractivity contribution in [2.75, 3.05) is 33.8 Å². The van der Waals surface area contributed by atoms with Gasteiger partial charge < -0.3 is 29.4 Å². The molecule has 0 aliphatic rings. The third kappa shape index (κ3) is 7.11. The molecule has 1 atom stereocenters. The Morgan fingerprint density at radius 3 is 2.05 bits per heavy atom. The molecule has 0 heterocycles. The Kier molecular flexibility index (Phi) is 9.49. The molecule has 9 nitrogen and oxygen atoms in total. The van der Waals surface area contributed by atoms with Crippen LogP contribution in [-0.2, 0) is 20.4 Å². The summed E-state index contributed by atoms with van der Waals surface area (Å²) in [7, 11) is 2.10. The summed E-state index contributed by atoms with van der Waals surface area (Å²) in [6.07, 6.45) is 1.40. The summed E-state index contributed by atoms with van der Waals surface area (Å²) < 4.78 is 47.3. The van der Waals surface area contributed by atoms with E-state index in [0.717, 1.165) is 5.41 Å². The van der Waals surface area contributed by atoms with E-state index in [1.54, 1.807) is 54.6 Å². The Balaban J connectivity index is 1.90. The zero-order valence-electron chi connectivity index (χ0n) is 21.2. The summed E-state index contributed by atoms with van der Waals surface area (Å²) in [6.45, 7) is 0. The van der Waals surface area contributed by atoms with Gasteiger partial charge >= 0.3 is 5.97 Å². The monoisotopic (exact) mass is 561 g/mol. The number of hydrogen-bond donors (Lipinski definition) is 2. The van der Waals surface area contributed by atoms with Gasteiger partial charge in [0.25, 0.3) is 0 Å². The lowest BCUT2D eigenvalue weighted by Gasteiger charge is -2.19. The number of anilines is 1. The summed E-state index contributed by atoms with van der Waals surface area (Å²) in [6, 6.07) is 13.2. The van der Waals surface area contributed by atoms with Crippen molar-refractivity contribution in [1.82, 2.24) is 0 Å². The number of rotatable bonds is 12. The molecule has 3 aromatic rings. The molecule has 0 aliphatic carbocycles. The minimum atomic E-state index is -3.76. The SMILES string of the molecule is COc1cc(OC)c(/C=C/S(=O)(=O)Cc2ccc(OC)c(NC(C(=O)O)c3ccc(Cl)cc3)c2)c(OC)c1. The molecule has 11 heteroatoms. The van der Waals surface area contributed by atoms with Gasteiger partial charge in [-0.3, -0.25) is 0 Å². The molecule has 2 N–H and O–H groups in total. The molecule has 202 valence electrons. The lowest BCUT2D eigenvalue weighted by Crippen LogP contribution is -2.21. The first-order chi connectivity index (χ1) is 18.1. The Morgan fingerprint density at radius 1 is 0.921 bits per heavy atom. The van der Waals surface area contributed by atoms with E-state index in [1.807, 2.05) is 0 Å². The molecule has 0 saturated carbocycles. The van der Waals surface area contributed by atoms with Crippen molar-refractivity contribution in [3.63, 3.8) is 0 Å². The number of ether oxygens (including phenoxy) is 4. The fourth-order valence-corrected chi connectivity index (χ4v) is 4.91. The summed E-state index contributed by atoms with van der Waals surface area (Å²) >= 11 is 5.93. The lowest BCUT2D eigenvalue weighted by molar-refractivity contribution is -0.138. The van der Waals surface area contributed by atoms with Crippen molar-refractivity contribution < 1.29 is 37.3 Å². The number of carbonyl (C=O) groups is 1. The number of aliphatic carboxylic acids is 1. The zero-order chi connectivity index (χ0) is 27.9. The van der Waals surface area contributed by atoms with Crippen LogP contribution in [0.25, 0.3) is 6.08 Å². The second-order valence-corrected chi connectivity index (χ2v) is 10.4. The predicted octanol–water partition coefficient (Wildman–Crippen LogP) is 5.20. The van der Waals surface area contributed by atoms with Gasteiger partial charge in [0.15, 0.2) is 15.9 Å². The maximum absolute atomic E-state index is 13.0. The maximum Gasteiger partial charge on any atom is 0.330 e. The van der Waals surface area contributed by atoms with E-state index in [9.17, 15) is 18.3 Å². The second-order valence-electron chi connectivity index (χ2n) is 8.06. The lowest BCUT2D eigenvalue weighted by atomic mass is 10.1. The molecule has 3 rings (SSSR count). The molecule has 0 amide bonds. The number of methoxy groups -OCH3 is 4. The molecule has 0 aliphatic heterocycles. The average Bonchev–Trinajstić information content (AvgIpc) is 2.90. The summed E-state index contributed by atoms with van der Waals surface area (Å²) in [5, 5.41) is 14.3. The van der Waals surface area contributed by atoms with Crippen LogP contribution in [0.3, 0.4) is 0 Å². The largest absolute Gasteiger partial charge is 0.496 e. The Hall–Kier alpha value is -3.89. The van der Waals surface area contributed by atoms with Gasteiger partial charge in [-0.05, 0) is 41.5 Å². The number of carboxylic acids is 1. The molecule has 0 aromatic heterocycles. The van der Waals surface area contributed by atoms with E-state index < -0.39 is 21.8 Å². The van der Waals surface area contributed by atoms with E-state index in [2.05, 4.69) is 5.32 Å². The fourth-order valence-electron chi connectivity index (χ4n) is 3.71. The first-order valence-corrected chi connectivity index (χ1v) is 13.3. The van der Waals surface area contributed by atoms with Crippen molar-refractivity contribution >= 4 is 39.2 Å². The van der Waals surface area contributed by atoms with Crippen molar-refractivity contribution in [3.05, 3.63) is 81.7 Å². The van der Waals surface area contributed by atoms with Gasteiger partial charge in [-0.25, -0.2) is 13.2 Å². The smallest absolute Gasteiger partial charge is 0.330 e. The van der Waals surface area contributed by atoms with Crippen molar-refractivity contribution in [2.24, 2.45) is 0 Å². The predicted molar refractivity (Wildman–Crippen MR) is 146 cm³/mol. The van der Waals surface area contributed by atoms with Crippen molar-refractivity contribution in [3.8, 4) is 23.0 Å². The van der Waals surface area contributed by atoms with Crippen LogP contribution in [0.1, 0.15) is 22.7 Å². The second kappa shape index (κ2) is 12.6. The summed E-state index contributed by atoms with van der Waals surface area (Å²) in [5.74, 6) is 0.139. The Labute approximate surface area is 226 Å². The van der Waals surface area contributed by atoms with Crippen LogP contribution in [0.15, 0.2) is 60.0 Å². The van der Waals surface area contributed by atoms with Crippen molar-refractivity contribution in [1.29, 1.82) is 0 Å². The van der Waals surface area contributed by atoms with Gasteiger partial charge in [-0.2, -0.15) is 0 Å². The molecule has 0 fully saturated rings. The van der Waals surface area contributed by atoms with Crippen LogP contribution >= 0.6 is 11.6 Å². The highest BCUT2D eigenvalue weighted by molar-refractivity contribution is 7.93. The van der Waals surface area contributed by atoms with E-state index >= 15 is 0 Å². The minimum absolute atomic E-state index is 0.324. The highest BCUT2D eigenvalue weighted by atomic mass is 35.5. The van der Waals surface area contributed by atoms with Crippen LogP contribution in [0.4, 0.5) is 5.69 Å². The van der Waals surface area contributed by atoms with E-state index in [4.69, 9.17) is 30.5 Å². The van der Waals surface area contributed by atoms with Crippen LogP contribution in [-0.4, -0.2) is 47.9 Å². The van der Waals surface area contributed by atoms with Crippen LogP contribution in [0.5, 0.6) is 23.0 Å². The van der Waals surface area contributed by atoms with Gasteiger partial charge in [0.2, 0.25) is 0 Å². The van der Waals surface area contributed by atoms with Crippen LogP contribution < -0.4 is 24.3 Å². The van der Waals surface area contributed by atoms with E-state index in [1.165, 1.54) is 34.5 Å². The number of halogens is 1. The standard InChI is InChI=1S/C27H28ClNO8S/c1-34-20-14-24(36-3)21(25(15-20)37-4)11-12-38(32,33)16-17-5-10-23(35-2)22(13-17)29-26(27(30)31)18-6-8-19(28)9-7-18/h5-15,26,29H,16H2,1-4H3,(H,30,31)/b12-11+. The molecular weight excluding hydrogens is 534 g/mol. The Morgan fingerprint density at radius 2 is 1.53 bits per heavy atom. The zero-order valence-corrected chi connectivity index (χ0v) is 22.8. The van der Waals surface area contributed by atoms with Gasteiger partial charge in [0.1, 0.15) is 23.0 Å². The number of sulfone groups is 1. The third-order valence-electron chi connectivity index (χ3n) is 5.58. The number of nitrogens with one attached hydrogen (secondary N) is 1. The number of hydrogen-bond acceptors (Lipinski definition) is 8. The molecule has 1 unspecified atom stereocenters. The number of carboxylic acid groups (broad SMARTS) is 1. The molecule has 0 spiro atoms. The topological polar surface area (TPSA) is 120 Å². The van der Waals surface area contributed by atoms with Gasteiger partial charge in [-0.15, -0.1) is 0 Å². The van der Waals surface area contributed by atoms with Crippen molar-refractivity contribution in [2.45, 2.75) is 11.8 Å². The minimum Gasteiger partial charge on any atom is -0.496 e. The number of benzene rings is 3. The van der Waals surface area contributed by atoms with Gasteiger partial charge in [0.05, 0.1) is 45.4 Å². The van der Waals surface area contributed by atoms with Crippen LogP contribution in [0.2, 0.25) is 5.02 Å². The molecule has 0 bridgehead atoms. The first-order valence-electron chi connectivity index (χ1n) is 11.2. The first kappa shape index (κ1) is 28.7. The Bertz CT molecular complexity index is 1400. The highest BCUT2D eigenvalue weighted by Crippen LogP contribution is 2.36. The molecule has 38 heavy (non-hydrogen) atoms. The molecule has 0 saturated heterocycles. The van der Waals surface area contributed by atoms with E-state index in [-0.39, 0.29) is 5.75 Å². The molecule has 3 aromatic carbocycles. The normalized spacial score (nSPS) is 12.1. The quantitative estimate of drug-likeness (QED) is 0.307.